The van der Waals surface area contributed by atoms with Crippen molar-refractivity contribution in [3.8, 4) is 0 Å². The van der Waals surface area contributed by atoms with Crippen molar-refractivity contribution in [3.63, 3.8) is 0 Å². The first kappa shape index (κ1) is 14.6. The standard InChI is InChI=1S/C18H24N4O/c1-21-10-9-15-16(3-2-4-17(15)21)20-18(23)19-13-7-11-22(12-8-13)14-5-6-14/h2-4,9-10,13-14H,5-8,11-12H2,1H3,(H2,19,20,23). The van der Waals surface area contributed by atoms with E-state index < -0.39 is 0 Å². The van der Waals surface area contributed by atoms with E-state index >= 15 is 0 Å². The lowest BCUT2D eigenvalue weighted by Gasteiger charge is -2.32. The molecule has 1 aromatic carbocycles. The number of benzene rings is 1. The monoisotopic (exact) mass is 312 g/mol. The van der Waals surface area contributed by atoms with Crippen molar-refractivity contribution in [2.75, 3.05) is 18.4 Å². The number of aryl methyl sites for hydroxylation is 1. The van der Waals surface area contributed by atoms with Crippen molar-refractivity contribution in [2.45, 2.75) is 37.8 Å². The molecule has 122 valence electrons. The number of carbonyl (C=O) groups is 1. The molecular weight excluding hydrogens is 288 g/mol. The second-order valence-corrected chi connectivity index (χ2v) is 6.80. The Morgan fingerprint density at radius 1 is 1.13 bits per heavy atom. The number of amides is 2. The maximum atomic E-state index is 12.3. The quantitative estimate of drug-likeness (QED) is 0.915. The molecular formula is C18H24N4O. The van der Waals surface area contributed by atoms with Crippen LogP contribution in [0.25, 0.3) is 10.9 Å². The van der Waals surface area contributed by atoms with E-state index in [0.717, 1.165) is 48.6 Å². The van der Waals surface area contributed by atoms with E-state index in [2.05, 4.69) is 26.2 Å². The highest BCUT2D eigenvalue weighted by Gasteiger charge is 2.32. The highest BCUT2D eigenvalue weighted by atomic mass is 16.2. The largest absolute Gasteiger partial charge is 0.350 e. The number of nitrogens with one attached hydrogen (secondary N) is 2. The molecule has 2 aliphatic rings. The van der Waals surface area contributed by atoms with E-state index in [9.17, 15) is 4.79 Å². The fraction of sp³-hybridized carbons (Fsp3) is 0.500. The molecule has 1 aliphatic carbocycles. The molecule has 2 heterocycles. The summed E-state index contributed by atoms with van der Waals surface area (Å²) in [7, 11) is 2.01. The Balaban J connectivity index is 1.36. The average Bonchev–Trinajstić information content (AvgIpc) is 3.33. The molecule has 1 saturated carbocycles. The van der Waals surface area contributed by atoms with Crippen LogP contribution in [0.2, 0.25) is 0 Å². The van der Waals surface area contributed by atoms with Crippen LogP contribution in [0.15, 0.2) is 30.5 Å². The molecule has 0 unspecified atom stereocenters. The van der Waals surface area contributed by atoms with Crippen LogP contribution in [0.4, 0.5) is 10.5 Å². The van der Waals surface area contributed by atoms with Gasteiger partial charge in [-0.15, -0.1) is 0 Å². The van der Waals surface area contributed by atoms with Gasteiger partial charge in [-0.3, -0.25) is 0 Å². The zero-order chi connectivity index (χ0) is 15.8. The molecule has 2 fully saturated rings. The lowest BCUT2D eigenvalue weighted by Crippen LogP contribution is -2.46. The third kappa shape index (κ3) is 3.06. The van der Waals surface area contributed by atoms with E-state index in [0.29, 0.717) is 6.04 Å². The molecule has 23 heavy (non-hydrogen) atoms. The molecule has 2 aromatic rings. The van der Waals surface area contributed by atoms with Crippen LogP contribution in [0, 0.1) is 0 Å². The Kier molecular flexibility index (Phi) is 3.73. The number of nitrogens with zero attached hydrogens (tertiary/aromatic N) is 2. The minimum Gasteiger partial charge on any atom is -0.350 e. The Morgan fingerprint density at radius 3 is 2.65 bits per heavy atom. The number of fused-ring (bicyclic) bond motifs is 1. The van der Waals surface area contributed by atoms with Gasteiger partial charge in [0.05, 0.1) is 5.69 Å². The van der Waals surface area contributed by atoms with Crippen molar-refractivity contribution in [1.29, 1.82) is 0 Å². The Labute approximate surface area is 136 Å². The summed E-state index contributed by atoms with van der Waals surface area (Å²) in [5, 5.41) is 7.23. The van der Waals surface area contributed by atoms with Gasteiger partial charge < -0.3 is 20.1 Å². The first-order valence-electron chi connectivity index (χ1n) is 8.56. The fourth-order valence-electron chi connectivity index (χ4n) is 3.60. The van der Waals surface area contributed by atoms with Crippen molar-refractivity contribution < 1.29 is 4.79 Å². The normalized spacial score (nSPS) is 19.9. The topological polar surface area (TPSA) is 49.3 Å². The summed E-state index contributed by atoms with van der Waals surface area (Å²) in [5.74, 6) is 0. The van der Waals surface area contributed by atoms with E-state index in [1.165, 1.54) is 12.8 Å². The number of likely N-dealkylation sites (tertiary alicyclic amines) is 1. The fourth-order valence-corrected chi connectivity index (χ4v) is 3.60. The van der Waals surface area contributed by atoms with Gasteiger partial charge in [-0.2, -0.15) is 0 Å². The van der Waals surface area contributed by atoms with Crippen LogP contribution < -0.4 is 10.6 Å². The highest BCUT2D eigenvalue weighted by Crippen LogP contribution is 2.29. The summed E-state index contributed by atoms with van der Waals surface area (Å²) in [6.07, 6.45) is 6.85. The first-order chi connectivity index (χ1) is 11.2. The number of aromatic nitrogens is 1. The number of rotatable bonds is 3. The second kappa shape index (κ2) is 5.89. The van der Waals surface area contributed by atoms with Gasteiger partial charge in [0, 0.05) is 49.3 Å². The molecule has 0 bridgehead atoms. The average molecular weight is 312 g/mol. The minimum atomic E-state index is -0.0915. The Bertz CT molecular complexity index is 711. The zero-order valence-electron chi connectivity index (χ0n) is 13.6. The number of hydrogen-bond acceptors (Lipinski definition) is 2. The van der Waals surface area contributed by atoms with E-state index in [1.54, 1.807) is 0 Å². The zero-order valence-corrected chi connectivity index (χ0v) is 13.6. The Morgan fingerprint density at radius 2 is 1.91 bits per heavy atom. The molecule has 1 aromatic heterocycles. The molecule has 5 nitrogen and oxygen atoms in total. The van der Waals surface area contributed by atoms with Gasteiger partial charge in [-0.25, -0.2) is 4.79 Å². The van der Waals surface area contributed by atoms with Gasteiger partial charge in [0.15, 0.2) is 0 Å². The summed E-state index contributed by atoms with van der Waals surface area (Å²) in [4.78, 5) is 14.9. The van der Waals surface area contributed by atoms with Crippen molar-refractivity contribution in [1.82, 2.24) is 14.8 Å². The van der Waals surface area contributed by atoms with Crippen LogP contribution in [0.5, 0.6) is 0 Å². The van der Waals surface area contributed by atoms with Crippen LogP contribution in [-0.4, -0.2) is 40.7 Å². The SMILES string of the molecule is Cn1ccc2c(NC(=O)NC3CCN(C4CC4)CC3)cccc21. The molecule has 2 N–H and O–H groups in total. The molecule has 1 saturated heterocycles. The molecule has 5 heteroatoms. The lowest BCUT2D eigenvalue weighted by atomic mass is 10.1. The first-order valence-corrected chi connectivity index (χ1v) is 8.56. The number of urea groups is 1. The minimum absolute atomic E-state index is 0.0915. The number of piperidine rings is 1. The molecule has 1 aliphatic heterocycles. The van der Waals surface area contributed by atoms with Gasteiger partial charge in [-0.05, 0) is 43.9 Å². The van der Waals surface area contributed by atoms with Crippen LogP contribution in [0.1, 0.15) is 25.7 Å². The summed E-state index contributed by atoms with van der Waals surface area (Å²) < 4.78 is 2.06. The smallest absolute Gasteiger partial charge is 0.319 e. The summed E-state index contributed by atoms with van der Waals surface area (Å²) in [5.41, 5.74) is 2.00. The highest BCUT2D eigenvalue weighted by molar-refractivity contribution is 6.00. The van der Waals surface area contributed by atoms with Gasteiger partial charge in [0.1, 0.15) is 0 Å². The van der Waals surface area contributed by atoms with Gasteiger partial charge in [0.2, 0.25) is 0 Å². The van der Waals surface area contributed by atoms with E-state index in [1.807, 2.05) is 31.4 Å². The third-order valence-corrected chi connectivity index (χ3v) is 5.10. The maximum Gasteiger partial charge on any atom is 0.319 e. The molecule has 4 rings (SSSR count). The van der Waals surface area contributed by atoms with Crippen LogP contribution in [-0.2, 0) is 7.05 Å². The van der Waals surface area contributed by atoms with Crippen molar-refractivity contribution in [3.05, 3.63) is 30.5 Å². The molecule has 0 atom stereocenters. The molecule has 0 spiro atoms. The summed E-state index contributed by atoms with van der Waals surface area (Å²) in [6.45, 7) is 2.23. The predicted molar refractivity (Wildman–Crippen MR) is 92.7 cm³/mol. The van der Waals surface area contributed by atoms with Gasteiger partial charge >= 0.3 is 6.03 Å². The van der Waals surface area contributed by atoms with Crippen LogP contribution >= 0.6 is 0 Å². The summed E-state index contributed by atoms with van der Waals surface area (Å²) in [6, 6.07) is 9.07. The second-order valence-electron chi connectivity index (χ2n) is 6.80. The maximum absolute atomic E-state index is 12.3. The third-order valence-electron chi connectivity index (χ3n) is 5.10. The van der Waals surface area contributed by atoms with Gasteiger partial charge in [-0.1, -0.05) is 6.07 Å². The predicted octanol–water partition coefficient (Wildman–Crippen LogP) is 2.93. The van der Waals surface area contributed by atoms with E-state index in [-0.39, 0.29) is 6.03 Å². The van der Waals surface area contributed by atoms with Gasteiger partial charge in [0.25, 0.3) is 0 Å². The van der Waals surface area contributed by atoms with E-state index in [4.69, 9.17) is 0 Å². The van der Waals surface area contributed by atoms with Crippen molar-refractivity contribution >= 4 is 22.6 Å². The number of hydrogen-bond donors (Lipinski definition) is 2. The summed E-state index contributed by atoms with van der Waals surface area (Å²) >= 11 is 0. The number of anilines is 1. The molecule has 0 radical (unpaired) electrons. The number of carbonyl (C=O) groups excluding carboxylic acids is 1. The van der Waals surface area contributed by atoms with Crippen LogP contribution in [0.3, 0.4) is 0 Å². The lowest BCUT2D eigenvalue weighted by molar-refractivity contribution is 0.189. The molecule has 2 amide bonds. The Hall–Kier alpha value is -2.01. The van der Waals surface area contributed by atoms with Crippen molar-refractivity contribution in [2.24, 2.45) is 7.05 Å².